The molecule has 0 atom stereocenters. The fourth-order valence-corrected chi connectivity index (χ4v) is 3.21. The molecule has 0 aliphatic heterocycles. The Hall–Kier alpha value is -3.72. The molecule has 0 saturated carbocycles. The van der Waals surface area contributed by atoms with E-state index in [0.717, 1.165) is 22.6 Å². The van der Waals surface area contributed by atoms with Crippen LogP contribution in [0.1, 0.15) is 5.56 Å². The predicted molar refractivity (Wildman–Crippen MR) is 118 cm³/mol. The van der Waals surface area contributed by atoms with Crippen LogP contribution >= 0.6 is 0 Å². The fraction of sp³-hybridized carbons (Fsp3) is 0.0400. The van der Waals surface area contributed by atoms with Gasteiger partial charge >= 0.3 is 0 Å². The first-order valence-electron chi connectivity index (χ1n) is 9.39. The molecule has 0 spiro atoms. The van der Waals surface area contributed by atoms with E-state index in [1.165, 1.54) is 0 Å². The van der Waals surface area contributed by atoms with Crippen molar-refractivity contribution in [3.63, 3.8) is 0 Å². The van der Waals surface area contributed by atoms with Crippen molar-refractivity contribution in [2.75, 3.05) is 16.0 Å². The Balaban J connectivity index is 1.82. The fourth-order valence-electron chi connectivity index (χ4n) is 3.21. The molecule has 0 saturated heterocycles. The van der Waals surface area contributed by atoms with Crippen LogP contribution in [-0.2, 0) is 5.79 Å². The van der Waals surface area contributed by atoms with Crippen LogP contribution in [0.15, 0.2) is 121 Å². The highest BCUT2D eigenvalue weighted by Gasteiger charge is 2.32. The van der Waals surface area contributed by atoms with E-state index in [1.54, 1.807) is 0 Å². The molecule has 28 heavy (non-hydrogen) atoms. The topological polar surface area (TPSA) is 36.1 Å². The average molecular weight is 365 g/mol. The van der Waals surface area contributed by atoms with Crippen molar-refractivity contribution >= 4 is 17.1 Å². The zero-order chi connectivity index (χ0) is 19.1. The summed E-state index contributed by atoms with van der Waals surface area (Å²) in [6.07, 6.45) is 0. The van der Waals surface area contributed by atoms with Crippen molar-refractivity contribution in [1.29, 1.82) is 0 Å². The lowest BCUT2D eigenvalue weighted by Gasteiger charge is -2.39. The first kappa shape index (κ1) is 17.7. The highest BCUT2D eigenvalue weighted by Crippen LogP contribution is 2.30. The number of para-hydroxylation sites is 3. The molecule has 0 aliphatic rings. The van der Waals surface area contributed by atoms with Gasteiger partial charge < -0.3 is 16.0 Å². The summed E-state index contributed by atoms with van der Waals surface area (Å²) in [4.78, 5) is 0. The third-order valence-corrected chi connectivity index (χ3v) is 4.52. The largest absolute Gasteiger partial charge is 0.342 e. The first-order chi connectivity index (χ1) is 13.8. The van der Waals surface area contributed by atoms with Crippen molar-refractivity contribution < 1.29 is 0 Å². The summed E-state index contributed by atoms with van der Waals surface area (Å²) < 4.78 is 0. The maximum atomic E-state index is 3.68. The van der Waals surface area contributed by atoms with Crippen molar-refractivity contribution in [2.45, 2.75) is 5.79 Å². The Morgan fingerprint density at radius 1 is 0.357 bits per heavy atom. The van der Waals surface area contributed by atoms with Crippen molar-refractivity contribution in [3.05, 3.63) is 127 Å². The van der Waals surface area contributed by atoms with Gasteiger partial charge in [-0.25, -0.2) is 0 Å². The molecule has 0 aliphatic carbocycles. The molecule has 3 heteroatoms. The van der Waals surface area contributed by atoms with Gasteiger partial charge in [-0.15, -0.1) is 0 Å². The molecule has 0 fully saturated rings. The van der Waals surface area contributed by atoms with Crippen LogP contribution in [0.2, 0.25) is 0 Å². The Morgan fingerprint density at radius 2 is 0.643 bits per heavy atom. The van der Waals surface area contributed by atoms with Gasteiger partial charge in [-0.3, -0.25) is 0 Å². The number of nitrogens with one attached hydrogen (secondary N) is 3. The van der Waals surface area contributed by atoms with Crippen LogP contribution in [0.5, 0.6) is 0 Å². The Morgan fingerprint density at radius 3 is 0.964 bits per heavy atom. The zero-order valence-electron chi connectivity index (χ0n) is 15.5. The van der Waals surface area contributed by atoms with Crippen LogP contribution in [0.25, 0.3) is 0 Å². The highest BCUT2D eigenvalue weighted by molar-refractivity contribution is 5.60. The second kappa shape index (κ2) is 8.31. The lowest BCUT2D eigenvalue weighted by Crippen LogP contribution is -2.50. The van der Waals surface area contributed by atoms with E-state index >= 15 is 0 Å². The molecule has 0 heterocycles. The molecule has 4 aromatic carbocycles. The van der Waals surface area contributed by atoms with E-state index in [1.807, 2.05) is 60.7 Å². The Labute approximate surface area is 166 Å². The first-order valence-corrected chi connectivity index (χ1v) is 9.39. The van der Waals surface area contributed by atoms with Gasteiger partial charge in [0, 0.05) is 22.6 Å². The van der Waals surface area contributed by atoms with E-state index in [2.05, 4.69) is 76.6 Å². The minimum Gasteiger partial charge on any atom is -0.342 e. The zero-order valence-corrected chi connectivity index (χ0v) is 15.5. The van der Waals surface area contributed by atoms with Gasteiger partial charge in [-0.2, -0.15) is 0 Å². The van der Waals surface area contributed by atoms with Gasteiger partial charge in [0.25, 0.3) is 0 Å². The average Bonchev–Trinajstić information content (AvgIpc) is 2.76. The van der Waals surface area contributed by atoms with Gasteiger partial charge in [-0.05, 0) is 36.4 Å². The molecular weight excluding hydrogens is 342 g/mol. The number of hydrogen-bond acceptors (Lipinski definition) is 3. The van der Waals surface area contributed by atoms with Gasteiger partial charge in [0.1, 0.15) is 0 Å². The molecule has 0 amide bonds. The van der Waals surface area contributed by atoms with Crippen molar-refractivity contribution in [3.8, 4) is 0 Å². The van der Waals surface area contributed by atoms with Crippen LogP contribution in [0, 0.1) is 0 Å². The molecule has 4 aromatic rings. The minimum atomic E-state index is -0.745. The van der Waals surface area contributed by atoms with Crippen molar-refractivity contribution in [1.82, 2.24) is 0 Å². The molecule has 0 aromatic heterocycles. The van der Waals surface area contributed by atoms with E-state index in [4.69, 9.17) is 0 Å². The molecule has 3 nitrogen and oxygen atoms in total. The normalized spacial score (nSPS) is 10.9. The number of hydrogen-bond donors (Lipinski definition) is 3. The molecule has 0 unspecified atom stereocenters. The molecular formula is C25H23N3. The second-order valence-electron chi connectivity index (χ2n) is 6.59. The molecule has 0 bridgehead atoms. The molecule has 4 rings (SSSR count). The van der Waals surface area contributed by atoms with E-state index in [0.29, 0.717) is 0 Å². The second-order valence-corrected chi connectivity index (χ2v) is 6.59. The molecule has 138 valence electrons. The third-order valence-electron chi connectivity index (χ3n) is 4.52. The van der Waals surface area contributed by atoms with Crippen LogP contribution in [0.3, 0.4) is 0 Å². The van der Waals surface area contributed by atoms with Gasteiger partial charge in [-0.1, -0.05) is 84.9 Å². The number of anilines is 3. The van der Waals surface area contributed by atoms with E-state index < -0.39 is 5.79 Å². The summed E-state index contributed by atoms with van der Waals surface area (Å²) >= 11 is 0. The summed E-state index contributed by atoms with van der Waals surface area (Å²) in [6, 6.07) is 41.0. The quantitative estimate of drug-likeness (QED) is 0.345. The Bertz CT molecular complexity index is 870. The summed E-state index contributed by atoms with van der Waals surface area (Å²) in [5, 5.41) is 11.1. The van der Waals surface area contributed by atoms with E-state index in [-0.39, 0.29) is 0 Å². The standard InChI is InChI=1S/C25H23N3/c1-5-13-21(14-6-1)25(26-22-15-7-2-8-16-22,27-23-17-9-3-10-18-23)28-24-19-11-4-12-20-24/h1-20,26-28H. The van der Waals surface area contributed by atoms with Crippen LogP contribution in [-0.4, -0.2) is 0 Å². The van der Waals surface area contributed by atoms with Crippen LogP contribution in [0.4, 0.5) is 17.1 Å². The summed E-state index contributed by atoms with van der Waals surface area (Å²) in [5.41, 5.74) is 4.11. The summed E-state index contributed by atoms with van der Waals surface area (Å²) in [6.45, 7) is 0. The van der Waals surface area contributed by atoms with Crippen LogP contribution < -0.4 is 16.0 Å². The predicted octanol–water partition coefficient (Wildman–Crippen LogP) is 6.13. The maximum Gasteiger partial charge on any atom is 0.212 e. The summed E-state index contributed by atoms with van der Waals surface area (Å²) in [5.74, 6) is -0.745. The van der Waals surface area contributed by atoms with E-state index in [9.17, 15) is 0 Å². The third kappa shape index (κ3) is 4.15. The minimum absolute atomic E-state index is 0.745. The molecule has 3 N–H and O–H groups in total. The SMILES string of the molecule is c1ccc(NC(Nc2ccccc2)(Nc2ccccc2)c2ccccc2)cc1. The summed E-state index contributed by atoms with van der Waals surface area (Å²) in [7, 11) is 0. The van der Waals surface area contributed by atoms with Gasteiger partial charge in [0.15, 0.2) is 0 Å². The maximum absolute atomic E-state index is 3.68. The van der Waals surface area contributed by atoms with Crippen molar-refractivity contribution in [2.24, 2.45) is 0 Å². The highest BCUT2D eigenvalue weighted by atomic mass is 15.4. The van der Waals surface area contributed by atoms with Gasteiger partial charge in [0.05, 0.1) is 0 Å². The lowest BCUT2D eigenvalue weighted by atomic mass is 10.0. The monoisotopic (exact) mass is 365 g/mol. The lowest BCUT2D eigenvalue weighted by molar-refractivity contribution is 0.648. The number of benzene rings is 4. The number of rotatable bonds is 7. The Kier molecular flexibility index (Phi) is 5.25. The molecule has 0 radical (unpaired) electrons. The van der Waals surface area contributed by atoms with Gasteiger partial charge in [0.2, 0.25) is 5.79 Å². The smallest absolute Gasteiger partial charge is 0.212 e.